The second-order valence-electron chi connectivity index (χ2n) is 6.73. The van der Waals surface area contributed by atoms with Crippen LogP contribution in [0.15, 0.2) is 83.9 Å². The summed E-state index contributed by atoms with van der Waals surface area (Å²) in [5, 5.41) is 10.8. The van der Waals surface area contributed by atoms with Gasteiger partial charge in [-0.3, -0.25) is 9.78 Å². The fourth-order valence-corrected chi connectivity index (χ4v) is 3.52. The number of nitrogens with one attached hydrogen (secondary N) is 1. The van der Waals surface area contributed by atoms with Crippen LogP contribution < -0.4 is 5.43 Å². The monoisotopic (exact) mass is 374 g/mol. The molecule has 3 aromatic heterocycles. The zero-order valence-electron chi connectivity index (χ0n) is 15.3. The molecule has 0 spiro atoms. The van der Waals surface area contributed by atoms with Gasteiger partial charge in [-0.05, 0) is 42.0 Å². The highest BCUT2D eigenvalue weighted by atomic mass is 16.1. The number of H-pyrrole nitrogens is 1. The summed E-state index contributed by atoms with van der Waals surface area (Å²) < 4.78 is 0. The number of rotatable bonds is 2. The summed E-state index contributed by atoms with van der Waals surface area (Å²) in [7, 11) is 0. The lowest BCUT2D eigenvalue weighted by Gasteiger charge is -2.12. The van der Waals surface area contributed by atoms with Crippen LogP contribution in [-0.4, -0.2) is 15.0 Å². The molecule has 136 valence electrons. The van der Waals surface area contributed by atoms with Crippen LogP contribution in [0, 0.1) is 11.3 Å². The average Bonchev–Trinajstić information content (AvgIpc) is 2.78. The third-order valence-electron chi connectivity index (χ3n) is 4.92. The third kappa shape index (κ3) is 2.93. The maximum atomic E-state index is 12.4. The molecule has 5 nitrogen and oxygen atoms in total. The number of hydrogen-bond donors (Lipinski definition) is 1. The quantitative estimate of drug-likeness (QED) is 0.486. The summed E-state index contributed by atoms with van der Waals surface area (Å²) in [6.07, 6.45) is 3.35. The summed E-state index contributed by atoms with van der Waals surface area (Å²) in [5.74, 6) is 0. The fourth-order valence-electron chi connectivity index (χ4n) is 3.52. The molecular weight excluding hydrogens is 360 g/mol. The molecule has 5 heteroatoms. The summed E-state index contributed by atoms with van der Waals surface area (Å²) in [5.41, 5.74) is 5.16. The maximum Gasteiger partial charge on any atom is 0.191 e. The summed E-state index contributed by atoms with van der Waals surface area (Å²) in [6, 6.07) is 22.7. The van der Waals surface area contributed by atoms with E-state index in [9.17, 15) is 10.1 Å². The van der Waals surface area contributed by atoms with E-state index in [2.05, 4.69) is 16.0 Å². The van der Waals surface area contributed by atoms with Crippen molar-refractivity contribution in [3.8, 4) is 28.5 Å². The molecule has 0 amide bonds. The van der Waals surface area contributed by atoms with Crippen molar-refractivity contribution >= 4 is 21.9 Å². The van der Waals surface area contributed by atoms with Gasteiger partial charge in [0.05, 0.1) is 28.2 Å². The third-order valence-corrected chi connectivity index (χ3v) is 4.92. The molecule has 2 aromatic carbocycles. The topological polar surface area (TPSA) is 82.4 Å². The number of pyridine rings is 3. The number of nitrogens with zero attached hydrogens (tertiary/aromatic N) is 3. The van der Waals surface area contributed by atoms with E-state index in [1.165, 1.54) is 6.07 Å². The number of hydrogen-bond acceptors (Lipinski definition) is 4. The van der Waals surface area contributed by atoms with Crippen LogP contribution in [0.5, 0.6) is 0 Å². The maximum absolute atomic E-state index is 12.4. The lowest BCUT2D eigenvalue weighted by molar-refractivity contribution is 1.28. The number of aromatic amines is 1. The van der Waals surface area contributed by atoms with E-state index < -0.39 is 0 Å². The van der Waals surface area contributed by atoms with Crippen LogP contribution >= 0.6 is 0 Å². The predicted octanol–water partition coefficient (Wildman–Crippen LogP) is 4.68. The first kappa shape index (κ1) is 16.8. The SMILES string of the molecule is N#Cc1cccc(-c2nc3[nH]ccc(=O)c3cc2-c2ccc3ncccc3c2)c1. The Kier molecular flexibility index (Phi) is 3.89. The van der Waals surface area contributed by atoms with Gasteiger partial charge in [0.15, 0.2) is 5.43 Å². The number of benzene rings is 2. The Labute approximate surface area is 165 Å². The zero-order chi connectivity index (χ0) is 19.8. The molecule has 0 saturated heterocycles. The van der Waals surface area contributed by atoms with Crippen molar-refractivity contribution in [1.82, 2.24) is 15.0 Å². The van der Waals surface area contributed by atoms with Crippen LogP contribution in [0.3, 0.4) is 0 Å². The van der Waals surface area contributed by atoms with Crippen LogP contribution in [0.2, 0.25) is 0 Å². The van der Waals surface area contributed by atoms with E-state index in [-0.39, 0.29) is 5.43 Å². The second-order valence-corrected chi connectivity index (χ2v) is 6.73. The molecule has 0 aliphatic carbocycles. The second kappa shape index (κ2) is 6.70. The highest BCUT2D eigenvalue weighted by Gasteiger charge is 2.14. The Balaban J connectivity index is 1.85. The summed E-state index contributed by atoms with van der Waals surface area (Å²) >= 11 is 0. The lowest BCUT2D eigenvalue weighted by Crippen LogP contribution is -2.03. The Hall–Kier alpha value is -4.30. The zero-order valence-corrected chi connectivity index (χ0v) is 15.3. The summed E-state index contributed by atoms with van der Waals surface area (Å²) in [6.45, 7) is 0. The molecule has 0 fully saturated rings. The Bertz CT molecular complexity index is 1490. The highest BCUT2D eigenvalue weighted by Crippen LogP contribution is 2.34. The number of nitriles is 1. The first-order chi connectivity index (χ1) is 14.2. The predicted molar refractivity (Wildman–Crippen MR) is 113 cm³/mol. The van der Waals surface area contributed by atoms with Crippen LogP contribution in [-0.2, 0) is 0 Å². The van der Waals surface area contributed by atoms with E-state index in [4.69, 9.17) is 4.98 Å². The summed E-state index contributed by atoms with van der Waals surface area (Å²) in [4.78, 5) is 24.6. The Morgan fingerprint density at radius 2 is 1.86 bits per heavy atom. The van der Waals surface area contributed by atoms with Crippen molar-refractivity contribution in [2.45, 2.75) is 0 Å². The van der Waals surface area contributed by atoms with Gasteiger partial charge in [0.2, 0.25) is 0 Å². The average molecular weight is 374 g/mol. The molecule has 0 radical (unpaired) electrons. The molecule has 0 bridgehead atoms. The highest BCUT2D eigenvalue weighted by molar-refractivity contribution is 5.93. The van der Waals surface area contributed by atoms with Gasteiger partial charge in [-0.2, -0.15) is 5.26 Å². The minimum absolute atomic E-state index is 0.0905. The van der Waals surface area contributed by atoms with Gasteiger partial charge in [-0.25, -0.2) is 4.98 Å². The fraction of sp³-hybridized carbons (Fsp3) is 0. The van der Waals surface area contributed by atoms with Crippen molar-refractivity contribution in [3.63, 3.8) is 0 Å². The largest absolute Gasteiger partial charge is 0.346 e. The minimum Gasteiger partial charge on any atom is -0.346 e. The van der Waals surface area contributed by atoms with Gasteiger partial charge in [0, 0.05) is 35.0 Å². The first-order valence-corrected chi connectivity index (χ1v) is 9.11. The lowest BCUT2D eigenvalue weighted by atomic mass is 9.96. The first-order valence-electron chi connectivity index (χ1n) is 9.11. The van der Waals surface area contributed by atoms with Crippen molar-refractivity contribution < 1.29 is 0 Å². The van der Waals surface area contributed by atoms with Crippen LogP contribution in [0.25, 0.3) is 44.3 Å². The minimum atomic E-state index is -0.0905. The van der Waals surface area contributed by atoms with Crippen molar-refractivity contribution in [3.05, 3.63) is 94.9 Å². The van der Waals surface area contributed by atoms with Crippen LogP contribution in [0.4, 0.5) is 0 Å². The molecule has 3 heterocycles. The molecule has 5 aromatic rings. The molecule has 5 rings (SSSR count). The molecule has 29 heavy (non-hydrogen) atoms. The van der Waals surface area contributed by atoms with E-state index in [1.807, 2.05) is 48.5 Å². The van der Waals surface area contributed by atoms with Crippen molar-refractivity contribution in [2.24, 2.45) is 0 Å². The molecular formula is C24H14N4O. The normalized spacial score (nSPS) is 10.9. The molecule has 0 unspecified atom stereocenters. The van der Waals surface area contributed by atoms with Crippen molar-refractivity contribution in [2.75, 3.05) is 0 Å². The van der Waals surface area contributed by atoms with E-state index >= 15 is 0 Å². The standard InChI is InChI=1S/C24H14N4O/c25-14-15-3-1-4-18(11-15)23-19(13-20-22(29)8-10-27-24(20)28-23)16-6-7-21-17(12-16)5-2-9-26-21/h1-13H,(H,27,28,29). The van der Waals surface area contributed by atoms with E-state index in [1.54, 1.807) is 24.5 Å². The van der Waals surface area contributed by atoms with Gasteiger partial charge in [-0.15, -0.1) is 0 Å². The molecule has 0 saturated carbocycles. The Morgan fingerprint density at radius 1 is 0.931 bits per heavy atom. The van der Waals surface area contributed by atoms with Crippen molar-refractivity contribution in [1.29, 1.82) is 5.26 Å². The van der Waals surface area contributed by atoms with Gasteiger partial charge in [0.1, 0.15) is 5.65 Å². The van der Waals surface area contributed by atoms with E-state index in [0.717, 1.165) is 27.6 Å². The number of fused-ring (bicyclic) bond motifs is 2. The van der Waals surface area contributed by atoms with Gasteiger partial charge in [0.25, 0.3) is 0 Å². The van der Waals surface area contributed by atoms with Crippen LogP contribution in [0.1, 0.15) is 5.56 Å². The Morgan fingerprint density at radius 3 is 2.76 bits per heavy atom. The van der Waals surface area contributed by atoms with Gasteiger partial charge < -0.3 is 4.98 Å². The molecule has 0 atom stereocenters. The number of aromatic nitrogens is 3. The van der Waals surface area contributed by atoms with Gasteiger partial charge in [-0.1, -0.05) is 24.3 Å². The smallest absolute Gasteiger partial charge is 0.191 e. The molecule has 0 aliphatic heterocycles. The molecule has 1 N–H and O–H groups in total. The van der Waals surface area contributed by atoms with E-state index in [0.29, 0.717) is 22.3 Å². The van der Waals surface area contributed by atoms with Gasteiger partial charge >= 0.3 is 0 Å². The molecule has 0 aliphatic rings.